The summed E-state index contributed by atoms with van der Waals surface area (Å²) in [5, 5.41) is 18.4. The Kier molecular flexibility index (Phi) is 8.42. The van der Waals surface area contributed by atoms with E-state index in [1.807, 2.05) is 0 Å². The van der Waals surface area contributed by atoms with E-state index in [9.17, 15) is 92.9 Å². The number of rotatable bonds is 7. The smallest absolute Gasteiger partial charge is 0.379 e. The van der Waals surface area contributed by atoms with Crippen molar-refractivity contribution >= 4 is 0 Å². The lowest BCUT2D eigenvalue weighted by Gasteiger charge is -2.48. The van der Waals surface area contributed by atoms with Crippen molar-refractivity contribution in [2.45, 2.75) is 79.4 Å². The maximum absolute atomic E-state index is 14.2. The summed E-state index contributed by atoms with van der Waals surface area (Å²) in [4.78, 5) is 0. The van der Waals surface area contributed by atoms with Crippen LogP contribution in [0.3, 0.4) is 0 Å². The van der Waals surface area contributed by atoms with Crippen molar-refractivity contribution in [2.75, 3.05) is 0 Å². The lowest BCUT2D eigenvalue weighted by Crippen LogP contribution is -2.77. The van der Waals surface area contributed by atoms with Gasteiger partial charge in [-0.05, 0) is 18.8 Å². The Balaban J connectivity index is 7.22. The molecule has 0 aromatic carbocycles. The van der Waals surface area contributed by atoms with E-state index in [1.54, 1.807) is 0 Å². The molecule has 0 amide bonds. The summed E-state index contributed by atoms with van der Waals surface area (Å²) in [5.41, 5.74) is -21.9. The molecule has 0 aliphatic carbocycles. The number of hydrogen-bond donors (Lipinski definition) is 2. The zero-order valence-electron chi connectivity index (χ0n) is 16.4. The summed E-state index contributed by atoms with van der Waals surface area (Å²) in [5.74, 6) is -19.1. The van der Waals surface area contributed by atoms with Crippen molar-refractivity contribution in [3.63, 3.8) is 0 Å². The molecule has 0 bridgehead atoms. The molecular formula is C14H10F20O2. The van der Waals surface area contributed by atoms with E-state index in [4.69, 9.17) is 5.11 Å². The van der Waals surface area contributed by atoms with E-state index in [-0.39, 0.29) is 0 Å². The molecule has 0 saturated heterocycles. The van der Waals surface area contributed by atoms with Crippen molar-refractivity contribution in [3.8, 4) is 0 Å². The minimum Gasteiger partial charge on any atom is -0.379 e. The second-order valence-corrected chi connectivity index (χ2v) is 7.53. The molecule has 0 saturated carbocycles. The third-order valence-electron chi connectivity index (χ3n) is 4.86. The Morgan fingerprint density at radius 2 is 0.667 bits per heavy atom. The molecule has 0 spiro atoms. The third-order valence-corrected chi connectivity index (χ3v) is 4.86. The molecule has 0 aliphatic rings. The molecule has 2 N–H and O–H groups in total. The topological polar surface area (TPSA) is 40.5 Å². The quantitative estimate of drug-likeness (QED) is 0.326. The predicted octanol–water partition coefficient (Wildman–Crippen LogP) is 6.66. The lowest BCUT2D eigenvalue weighted by molar-refractivity contribution is -0.446. The number of aliphatic hydroxyl groups is 2. The maximum Gasteiger partial charge on any atom is 0.456 e. The van der Waals surface area contributed by atoms with Crippen molar-refractivity contribution in [1.82, 2.24) is 0 Å². The van der Waals surface area contributed by atoms with Crippen LogP contribution in [0.1, 0.15) is 19.8 Å². The first-order valence-corrected chi connectivity index (χ1v) is 8.33. The highest BCUT2D eigenvalue weighted by molar-refractivity contribution is 5.18. The molecule has 0 aromatic rings. The highest BCUT2D eigenvalue weighted by Gasteiger charge is 2.91. The molecule has 0 heterocycles. The first kappa shape index (κ1) is 34.5. The highest BCUT2D eigenvalue weighted by Crippen LogP contribution is 2.62. The second kappa shape index (κ2) is 8.79. The average Bonchev–Trinajstić information content (AvgIpc) is 2.55. The van der Waals surface area contributed by atoms with Gasteiger partial charge in [0.15, 0.2) is 5.60 Å². The minimum absolute atomic E-state index is 0.548. The molecule has 218 valence electrons. The molecule has 3 atom stereocenters. The van der Waals surface area contributed by atoms with Gasteiger partial charge in [-0.2, -0.15) is 83.4 Å². The Morgan fingerprint density at radius 3 is 0.889 bits per heavy atom. The van der Waals surface area contributed by atoms with E-state index >= 15 is 0 Å². The largest absolute Gasteiger partial charge is 0.456 e. The standard InChI is InChI=1S/C14H10F20O2/c1-4(3-6(36,10(20,21)22)9(18,19)14(32,33)34)2-5(35,8(16,17)13(29,30)31)7(15,11(23,24)25)12(26,27)28/h4,35-36H,2-3H2,1H3. The molecule has 22 heteroatoms. The van der Waals surface area contributed by atoms with Crippen LogP contribution in [-0.4, -0.2) is 69.8 Å². The molecule has 2 nitrogen and oxygen atoms in total. The van der Waals surface area contributed by atoms with Gasteiger partial charge in [-0.3, -0.25) is 0 Å². The normalized spacial score (nSPS) is 20.1. The van der Waals surface area contributed by atoms with Crippen LogP contribution in [-0.2, 0) is 0 Å². The predicted molar refractivity (Wildman–Crippen MR) is 72.3 cm³/mol. The van der Waals surface area contributed by atoms with E-state index in [0.717, 1.165) is 0 Å². The van der Waals surface area contributed by atoms with Gasteiger partial charge in [0, 0.05) is 0 Å². The molecular weight excluding hydrogens is 580 g/mol. The first-order chi connectivity index (χ1) is 15.1. The molecule has 0 rings (SSSR count). The van der Waals surface area contributed by atoms with Crippen molar-refractivity contribution in [2.24, 2.45) is 5.92 Å². The van der Waals surface area contributed by atoms with Gasteiger partial charge in [0.25, 0.3) is 0 Å². The van der Waals surface area contributed by atoms with Crippen LogP contribution >= 0.6 is 0 Å². The fourth-order valence-electron chi connectivity index (χ4n) is 3.09. The van der Waals surface area contributed by atoms with Crippen molar-refractivity contribution in [3.05, 3.63) is 0 Å². The van der Waals surface area contributed by atoms with Crippen LogP contribution in [0.5, 0.6) is 0 Å². The van der Waals surface area contributed by atoms with Crippen LogP contribution in [0.25, 0.3) is 0 Å². The second-order valence-electron chi connectivity index (χ2n) is 7.53. The SMILES string of the molecule is CC(CC(O)(C(F)(F)F)C(F)(F)C(F)(F)F)CC(O)(C(F)(F)C(F)(F)F)C(F)(C(F)(F)F)C(F)(F)F. The summed E-state index contributed by atoms with van der Waals surface area (Å²) < 4.78 is 260. The van der Waals surface area contributed by atoms with Gasteiger partial charge in [-0.15, -0.1) is 0 Å². The summed E-state index contributed by atoms with van der Waals surface area (Å²) in [6.45, 7) is -0.548. The van der Waals surface area contributed by atoms with Crippen LogP contribution in [0.2, 0.25) is 0 Å². The van der Waals surface area contributed by atoms with Gasteiger partial charge in [0.05, 0.1) is 0 Å². The first-order valence-electron chi connectivity index (χ1n) is 8.33. The number of alkyl halides is 20. The van der Waals surface area contributed by atoms with Crippen molar-refractivity contribution < 1.29 is 98.0 Å². The number of halogens is 20. The van der Waals surface area contributed by atoms with Crippen LogP contribution in [0, 0.1) is 5.92 Å². The highest BCUT2D eigenvalue weighted by atomic mass is 19.4. The van der Waals surface area contributed by atoms with Gasteiger partial charge < -0.3 is 10.2 Å². The Morgan fingerprint density at radius 1 is 0.417 bits per heavy atom. The van der Waals surface area contributed by atoms with Crippen LogP contribution in [0.15, 0.2) is 0 Å². The monoisotopic (exact) mass is 590 g/mol. The fraction of sp³-hybridized carbons (Fsp3) is 1.00. The van der Waals surface area contributed by atoms with Gasteiger partial charge in [0.1, 0.15) is 0 Å². The minimum atomic E-state index is -8.07. The summed E-state index contributed by atoms with van der Waals surface area (Å²) >= 11 is 0. The molecule has 36 heavy (non-hydrogen) atoms. The van der Waals surface area contributed by atoms with Crippen molar-refractivity contribution in [1.29, 1.82) is 0 Å². The molecule has 3 unspecified atom stereocenters. The number of hydrogen-bond acceptors (Lipinski definition) is 2. The third kappa shape index (κ3) is 4.98. The Labute approximate surface area is 184 Å². The van der Waals surface area contributed by atoms with E-state index in [0.29, 0.717) is 0 Å². The van der Waals surface area contributed by atoms with E-state index in [2.05, 4.69) is 0 Å². The van der Waals surface area contributed by atoms with Gasteiger partial charge in [-0.25, -0.2) is 4.39 Å². The van der Waals surface area contributed by atoms with Gasteiger partial charge in [0.2, 0.25) is 5.60 Å². The van der Waals surface area contributed by atoms with Crippen LogP contribution < -0.4 is 0 Å². The summed E-state index contributed by atoms with van der Waals surface area (Å²) in [6, 6.07) is 0. The zero-order valence-corrected chi connectivity index (χ0v) is 16.4. The van der Waals surface area contributed by atoms with Crippen LogP contribution in [0.4, 0.5) is 87.8 Å². The zero-order chi connectivity index (χ0) is 30.0. The van der Waals surface area contributed by atoms with E-state index < -0.39 is 85.3 Å². The molecule has 0 aromatic heterocycles. The molecule has 0 radical (unpaired) electrons. The molecule has 0 aliphatic heterocycles. The Hall–Kier alpha value is -1.48. The summed E-state index contributed by atoms with van der Waals surface area (Å²) in [6.07, 6.45) is -45.7. The van der Waals surface area contributed by atoms with E-state index in [1.165, 1.54) is 0 Å². The Bertz CT molecular complexity index is 756. The lowest BCUT2D eigenvalue weighted by atomic mass is 9.70. The van der Waals surface area contributed by atoms with Gasteiger partial charge >= 0.3 is 48.4 Å². The average molecular weight is 590 g/mol. The maximum atomic E-state index is 14.2. The summed E-state index contributed by atoms with van der Waals surface area (Å²) in [7, 11) is 0. The van der Waals surface area contributed by atoms with Gasteiger partial charge in [-0.1, -0.05) is 6.92 Å². The fourth-order valence-corrected chi connectivity index (χ4v) is 3.09. The molecule has 0 fully saturated rings.